The van der Waals surface area contributed by atoms with E-state index in [1.54, 1.807) is 12.1 Å². The molecule has 1 aliphatic rings. The van der Waals surface area contributed by atoms with Gasteiger partial charge in [0.25, 0.3) is 0 Å². The van der Waals surface area contributed by atoms with Crippen LogP contribution in [-0.4, -0.2) is 0 Å². The number of nitrogen functional groups attached to an aromatic ring is 2. The van der Waals surface area contributed by atoms with Gasteiger partial charge in [-0.2, -0.15) is 0 Å². The van der Waals surface area contributed by atoms with E-state index in [1.807, 2.05) is 24.6 Å². The van der Waals surface area contributed by atoms with Crippen molar-refractivity contribution in [3.8, 4) is 0 Å². The van der Waals surface area contributed by atoms with Crippen molar-refractivity contribution in [1.29, 1.82) is 0 Å². The number of hydrogen-bond acceptors (Lipinski definition) is 2. The van der Waals surface area contributed by atoms with Gasteiger partial charge in [0.05, 0.1) is 11.4 Å². The summed E-state index contributed by atoms with van der Waals surface area (Å²) in [6.45, 7) is 0. The molecule has 0 bridgehead atoms. The summed E-state index contributed by atoms with van der Waals surface area (Å²) in [5.41, 5.74) is 13.4. The van der Waals surface area contributed by atoms with Crippen LogP contribution in [-0.2, 0) is 19.5 Å². The average molecular weight is 544 g/mol. The van der Waals surface area contributed by atoms with Gasteiger partial charge >= 0.3 is 52.5 Å². The molecule has 0 spiro atoms. The van der Waals surface area contributed by atoms with Gasteiger partial charge in [-0.05, 0) is 49.8 Å². The van der Waals surface area contributed by atoms with Crippen molar-refractivity contribution in [3.05, 3.63) is 98.2 Å². The normalized spacial score (nSPS) is 16.1. The van der Waals surface area contributed by atoms with Gasteiger partial charge in [0, 0.05) is 5.92 Å². The SMILES string of the molecule is F[P-](F)(F)(F)(F)F.Nc1ccccc1N.[CH]1[CH][CH][C](c2ccccc2)[CH][CH]1.[Cl-].[Ru+2]. The topological polar surface area (TPSA) is 52.0 Å². The number of nitrogens with two attached hydrogens (primary N) is 2. The van der Waals surface area contributed by atoms with Crippen molar-refractivity contribution in [2.24, 2.45) is 0 Å². The van der Waals surface area contributed by atoms with E-state index in [9.17, 15) is 25.2 Å². The maximum atomic E-state index is 9.87. The number of benzene rings is 2. The van der Waals surface area contributed by atoms with Crippen molar-refractivity contribution in [1.82, 2.24) is 0 Å². The molecular weight excluding hydrogens is 526 g/mol. The van der Waals surface area contributed by atoms with E-state index in [4.69, 9.17) is 11.5 Å². The Bertz CT molecular complexity index is 679. The number of para-hydroxylation sites is 2. The molecule has 162 valence electrons. The van der Waals surface area contributed by atoms with Crippen molar-refractivity contribution in [3.63, 3.8) is 0 Å². The first kappa shape index (κ1) is 30.2. The first-order valence-corrected chi connectivity index (χ1v) is 9.52. The number of halogens is 7. The summed E-state index contributed by atoms with van der Waals surface area (Å²) in [5, 5.41) is 0. The summed E-state index contributed by atoms with van der Waals surface area (Å²) < 4.78 is 59.2. The van der Waals surface area contributed by atoms with Gasteiger partial charge in [-0.3, -0.25) is 0 Å². The molecule has 0 atom stereocenters. The molecule has 0 aromatic heterocycles. The fourth-order valence-electron chi connectivity index (χ4n) is 1.77. The van der Waals surface area contributed by atoms with Crippen LogP contribution in [0.4, 0.5) is 36.6 Å². The maximum Gasteiger partial charge on any atom is 2.00 e. The number of anilines is 2. The maximum absolute atomic E-state index is 10.7. The summed E-state index contributed by atoms with van der Waals surface area (Å²) in [7, 11) is -10.7. The second-order valence-corrected chi connectivity index (χ2v) is 7.24. The van der Waals surface area contributed by atoms with E-state index < -0.39 is 7.81 Å². The number of rotatable bonds is 1. The molecule has 1 saturated carbocycles. The Kier molecular flexibility index (Phi) is 11.8. The smallest absolute Gasteiger partial charge is 1.00 e. The Morgan fingerprint density at radius 1 is 0.586 bits per heavy atom. The zero-order valence-electron chi connectivity index (χ0n) is 14.7. The third-order valence-electron chi connectivity index (χ3n) is 2.88. The van der Waals surface area contributed by atoms with Crippen LogP contribution in [0.1, 0.15) is 5.56 Å². The van der Waals surface area contributed by atoms with E-state index in [0.29, 0.717) is 11.4 Å². The summed E-state index contributed by atoms with van der Waals surface area (Å²) in [5.74, 6) is 1.28. The van der Waals surface area contributed by atoms with Gasteiger partial charge in [-0.15, -0.1) is 0 Å². The quantitative estimate of drug-likeness (QED) is 0.248. The van der Waals surface area contributed by atoms with E-state index in [1.165, 1.54) is 11.5 Å². The van der Waals surface area contributed by atoms with Crippen LogP contribution in [0.15, 0.2) is 54.6 Å². The predicted octanol–water partition coefficient (Wildman–Crippen LogP) is 3.88. The molecule has 0 saturated heterocycles. The largest absolute Gasteiger partial charge is 2.00 e. The number of hydrogen-bond donors (Lipinski definition) is 2. The molecular formula is C18H18ClF6N2PRu. The van der Waals surface area contributed by atoms with E-state index in [-0.39, 0.29) is 31.9 Å². The molecule has 1 aliphatic carbocycles. The Balaban J connectivity index is 0. The first-order chi connectivity index (χ1) is 12.2. The molecule has 2 aromatic rings. The molecule has 4 N–H and O–H groups in total. The van der Waals surface area contributed by atoms with E-state index >= 15 is 0 Å². The van der Waals surface area contributed by atoms with E-state index in [2.05, 4.69) is 49.9 Å². The Morgan fingerprint density at radius 3 is 1.28 bits per heavy atom. The molecule has 0 aliphatic heterocycles. The molecule has 2 nitrogen and oxygen atoms in total. The van der Waals surface area contributed by atoms with Crippen LogP contribution < -0.4 is 23.9 Å². The minimum absolute atomic E-state index is 0. The third-order valence-corrected chi connectivity index (χ3v) is 2.88. The zero-order chi connectivity index (χ0) is 20.6. The molecule has 2 aromatic carbocycles. The van der Waals surface area contributed by atoms with Crippen LogP contribution in [0.5, 0.6) is 0 Å². The molecule has 0 heterocycles. The molecule has 0 amide bonds. The fraction of sp³-hybridized carbons (Fsp3) is 0. The summed E-state index contributed by atoms with van der Waals surface area (Å²) in [6.07, 6.45) is 10.4. The van der Waals surface area contributed by atoms with Crippen molar-refractivity contribution in [2.45, 2.75) is 0 Å². The van der Waals surface area contributed by atoms with Gasteiger partial charge in [0.2, 0.25) is 0 Å². The zero-order valence-corrected chi connectivity index (χ0v) is 18.1. The Labute approximate surface area is 185 Å². The third kappa shape index (κ3) is 18.7. The Hall–Kier alpha value is -1.04. The predicted molar refractivity (Wildman–Crippen MR) is 99.1 cm³/mol. The van der Waals surface area contributed by atoms with Crippen molar-refractivity contribution >= 4 is 19.2 Å². The minimum Gasteiger partial charge on any atom is -1.00 e. The molecule has 6 radical (unpaired) electrons. The second kappa shape index (κ2) is 11.4. The molecule has 11 heteroatoms. The van der Waals surface area contributed by atoms with Gasteiger partial charge < -0.3 is 23.9 Å². The monoisotopic (exact) mass is 544 g/mol. The Morgan fingerprint density at radius 2 is 0.931 bits per heavy atom. The van der Waals surface area contributed by atoms with Gasteiger partial charge in [0.15, 0.2) is 0 Å². The van der Waals surface area contributed by atoms with Crippen LogP contribution in [0.2, 0.25) is 0 Å². The summed E-state index contributed by atoms with van der Waals surface area (Å²) >= 11 is 0. The van der Waals surface area contributed by atoms with Gasteiger partial charge in [-0.25, -0.2) is 0 Å². The summed E-state index contributed by atoms with van der Waals surface area (Å²) in [4.78, 5) is 0. The minimum atomic E-state index is -10.7. The van der Waals surface area contributed by atoms with Crippen molar-refractivity contribution < 1.29 is 57.1 Å². The van der Waals surface area contributed by atoms with Crippen LogP contribution in [0, 0.1) is 38.0 Å². The van der Waals surface area contributed by atoms with Crippen LogP contribution in [0.3, 0.4) is 0 Å². The first-order valence-electron chi connectivity index (χ1n) is 7.49. The second-order valence-electron chi connectivity index (χ2n) is 5.32. The molecule has 29 heavy (non-hydrogen) atoms. The summed E-state index contributed by atoms with van der Waals surface area (Å²) in [6, 6.07) is 17.6. The average Bonchev–Trinajstić information content (AvgIpc) is 2.57. The van der Waals surface area contributed by atoms with Gasteiger partial charge in [0.1, 0.15) is 0 Å². The molecule has 0 unspecified atom stereocenters. The molecule has 1 fully saturated rings. The van der Waals surface area contributed by atoms with Gasteiger partial charge in [-0.1, -0.05) is 42.5 Å². The molecule has 3 rings (SSSR count). The standard InChI is InChI=1S/C12H10.C6H8N2.ClH.F6P.Ru/c1-3-7-11(8-4-1)12-9-5-2-6-10-12;7-5-3-1-2-4-6(5)8;;1-7(2,3,4,5)6;/h1-10H;1-4H,7-8H2;1H;;/q;;;-1;+2/p-1. The van der Waals surface area contributed by atoms with Crippen molar-refractivity contribution in [2.75, 3.05) is 11.5 Å². The van der Waals surface area contributed by atoms with Crippen LogP contribution in [0.25, 0.3) is 0 Å². The fourth-order valence-corrected chi connectivity index (χ4v) is 1.77. The van der Waals surface area contributed by atoms with E-state index in [0.717, 1.165) is 0 Å². The van der Waals surface area contributed by atoms with Crippen LogP contribution >= 0.6 is 7.81 Å².